The number of benzene rings is 3. The van der Waals surface area contributed by atoms with Crippen LogP contribution in [0.3, 0.4) is 0 Å². The molecule has 0 fully saturated rings. The van der Waals surface area contributed by atoms with Crippen LogP contribution >= 0.6 is 0 Å². The number of aromatic amines is 1. The number of nitrogens with one attached hydrogen (secondary N) is 2. The Morgan fingerprint density at radius 3 is 2.35 bits per heavy atom. The first-order chi connectivity index (χ1) is 19.2. The molecule has 0 saturated carbocycles. The number of imidazole rings is 1. The van der Waals surface area contributed by atoms with Gasteiger partial charge < -0.3 is 20.0 Å². The van der Waals surface area contributed by atoms with Gasteiger partial charge in [-0.2, -0.15) is 0 Å². The van der Waals surface area contributed by atoms with E-state index < -0.39 is 34.2 Å². The number of rotatable bonds is 11. The number of hydrogen-bond acceptors (Lipinski definition) is 4. The van der Waals surface area contributed by atoms with E-state index in [4.69, 9.17) is 5.11 Å². The lowest BCUT2D eigenvalue weighted by atomic mass is 9.91. The quantitative estimate of drug-likeness (QED) is 0.166. The third-order valence-electron chi connectivity index (χ3n) is 6.24. The maximum Gasteiger partial charge on any atom is 0.303 e. The normalized spacial score (nSPS) is 13.1. The highest BCUT2D eigenvalue weighted by atomic mass is 32.2. The van der Waals surface area contributed by atoms with E-state index in [1.165, 1.54) is 30.5 Å². The van der Waals surface area contributed by atoms with Crippen molar-refractivity contribution < 1.29 is 28.0 Å². The maximum absolute atomic E-state index is 13.8. The van der Waals surface area contributed by atoms with Gasteiger partial charge >= 0.3 is 5.97 Å². The minimum atomic E-state index is -1.53. The van der Waals surface area contributed by atoms with E-state index in [-0.39, 0.29) is 24.2 Å². The summed E-state index contributed by atoms with van der Waals surface area (Å²) in [6.45, 7) is 0. The number of halogens is 2. The lowest BCUT2D eigenvalue weighted by molar-refractivity contribution is -0.137. The summed E-state index contributed by atoms with van der Waals surface area (Å²) in [5, 5.41) is 10.9. The van der Waals surface area contributed by atoms with Gasteiger partial charge in [0.1, 0.15) is 17.5 Å². The average Bonchev–Trinajstić information content (AvgIpc) is 3.44. The molecular weight excluding hydrogens is 536 g/mol. The van der Waals surface area contributed by atoms with Crippen molar-refractivity contribution in [3.05, 3.63) is 113 Å². The number of carbonyl (C=O) groups excluding carboxylic acids is 1. The molecule has 0 radical (unpaired) electrons. The summed E-state index contributed by atoms with van der Waals surface area (Å²) in [6.07, 6.45) is 6.71. The summed E-state index contributed by atoms with van der Waals surface area (Å²) < 4.78 is 39.8. The van der Waals surface area contributed by atoms with Gasteiger partial charge in [0, 0.05) is 36.4 Å². The molecule has 0 saturated heterocycles. The zero-order valence-electron chi connectivity index (χ0n) is 21.6. The summed E-state index contributed by atoms with van der Waals surface area (Å²) >= 11 is -1.53. The van der Waals surface area contributed by atoms with Crippen molar-refractivity contribution in [3.8, 4) is 11.1 Å². The Morgan fingerprint density at radius 1 is 1.07 bits per heavy atom. The van der Waals surface area contributed by atoms with E-state index in [1.807, 2.05) is 6.08 Å². The minimum Gasteiger partial charge on any atom is -0.615 e. The second-order valence-corrected chi connectivity index (χ2v) is 10.6. The number of carbonyl (C=O) groups is 2. The summed E-state index contributed by atoms with van der Waals surface area (Å²) in [6, 6.07) is 16.8. The van der Waals surface area contributed by atoms with Crippen LogP contribution in [0.2, 0.25) is 0 Å². The molecule has 3 N–H and O–H groups in total. The van der Waals surface area contributed by atoms with Gasteiger partial charge in [-0.1, -0.05) is 42.5 Å². The highest BCUT2D eigenvalue weighted by molar-refractivity contribution is 7.91. The van der Waals surface area contributed by atoms with E-state index in [0.717, 1.165) is 11.1 Å². The van der Waals surface area contributed by atoms with Gasteiger partial charge in [-0.25, -0.2) is 13.8 Å². The maximum atomic E-state index is 13.8. The number of allylic oxidation sites excluding steroid dienone is 1. The zero-order valence-corrected chi connectivity index (χ0v) is 22.4. The predicted molar refractivity (Wildman–Crippen MR) is 151 cm³/mol. The van der Waals surface area contributed by atoms with Crippen LogP contribution in [0.15, 0.2) is 79.1 Å². The molecule has 206 valence electrons. The lowest BCUT2D eigenvalue weighted by Gasteiger charge is -2.21. The first-order valence-corrected chi connectivity index (χ1v) is 14.0. The van der Waals surface area contributed by atoms with E-state index in [2.05, 4.69) is 15.3 Å². The van der Waals surface area contributed by atoms with Crippen molar-refractivity contribution in [1.82, 2.24) is 15.3 Å². The number of carboxylic acid groups (broad SMARTS) is 1. The molecule has 0 aliphatic heterocycles. The Bertz CT molecular complexity index is 1490. The first kappa shape index (κ1) is 28.7. The fraction of sp³-hybridized carbons (Fsp3) is 0.167. The zero-order chi connectivity index (χ0) is 28.6. The number of hydrogen-bond donors (Lipinski definition) is 3. The molecule has 40 heavy (non-hydrogen) atoms. The molecule has 0 bridgehead atoms. The molecule has 2 atom stereocenters. The van der Waals surface area contributed by atoms with Gasteiger partial charge in [0.05, 0.1) is 12.7 Å². The van der Waals surface area contributed by atoms with E-state index in [1.54, 1.807) is 54.9 Å². The molecule has 2 unspecified atom stereocenters. The van der Waals surface area contributed by atoms with E-state index in [9.17, 15) is 22.9 Å². The van der Waals surface area contributed by atoms with Crippen molar-refractivity contribution in [2.75, 3.05) is 6.26 Å². The van der Waals surface area contributed by atoms with Crippen LogP contribution in [0.4, 0.5) is 8.78 Å². The molecule has 3 aromatic carbocycles. The number of amides is 1. The largest absolute Gasteiger partial charge is 0.615 e. The summed E-state index contributed by atoms with van der Waals surface area (Å²) in [5.41, 5.74) is 3.46. The third-order valence-corrected chi connectivity index (χ3v) is 7.40. The molecule has 0 aliphatic rings. The second-order valence-electron chi connectivity index (χ2n) is 9.06. The van der Waals surface area contributed by atoms with Gasteiger partial charge in [-0.3, -0.25) is 9.59 Å². The van der Waals surface area contributed by atoms with Crippen LogP contribution < -0.4 is 5.32 Å². The monoisotopic (exact) mass is 563 g/mol. The number of aromatic nitrogens is 2. The van der Waals surface area contributed by atoms with Crippen LogP contribution in [-0.4, -0.2) is 43.1 Å². The Labute approximate surface area is 233 Å². The van der Waals surface area contributed by atoms with E-state index in [0.29, 0.717) is 28.9 Å². The topological polar surface area (TPSA) is 118 Å². The second kappa shape index (κ2) is 13.2. The van der Waals surface area contributed by atoms with Crippen LogP contribution in [-0.2, 0) is 22.4 Å². The molecule has 0 aliphatic carbocycles. The standard InChI is InChI=1S/C30H27F2N3O4S/c1-40(39)27(13-14-28(36)37)35-30(38)25-4-2-3-21(29(25)20-7-11-24(32)12-8-20)17-22(18-26-33-15-16-34-26)19-5-9-23(31)10-6-19/h2-12,15-17,27H,13-14,18H2,1H3,(H,33,34)(H,35,38)(H,36,37). The van der Waals surface area contributed by atoms with Gasteiger partial charge in [0.15, 0.2) is 5.37 Å². The van der Waals surface area contributed by atoms with Crippen molar-refractivity contribution in [1.29, 1.82) is 0 Å². The number of nitrogens with zero attached hydrogens (tertiary/aromatic N) is 1. The molecule has 0 spiro atoms. The first-order valence-electron chi connectivity index (χ1n) is 12.4. The summed E-state index contributed by atoms with van der Waals surface area (Å²) in [7, 11) is 0. The molecule has 1 heterocycles. The molecular formula is C30H27F2N3O4S. The van der Waals surface area contributed by atoms with Gasteiger partial charge in [-0.05, 0) is 63.8 Å². The molecule has 4 aromatic rings. The van der Waals surface area contributed by atoms with Crippen molar-refractivity contribution in [3.63, 3.8) is 0 Å². The van der Waals surface area contributed by atoms with Crippen LogP contribution in [0, 0.1) is 11.6 Å². The molecule has 10 heteroatoms. The van der Waals surface area contributed by atoms with Gasteiger partial charge in [-0.15, -0.1) is 0 Å². The molecule has 7 nitrogen and oxygen atoms in total. The number of carboxylic acids is 1. The fourth-order valence-corrected chi connectivity index (χ4v) is 5.00. The highest BCUT2D eigenvalue weighted by Gasteiger charge is 2.25. The van der Waals surface area contributed by atoms with Crippen molar-refractivity contribution in [2.24, 2.45) is 0 Å². The Balaban J connectivity index is 1.83. The summed E-state index contributed by atoms with van der Waals surface area (Å²) in [4.78, 5) is 32.0. The SMILES string of the molecule is C[S+]([O-])C(CCC(=O)O)NC(=O)c1cccc(C=C(Cc2ncc[nH]2)c2ccc(F)cc2)c1-c1ccc(F)cc1. The minimum absolute atomic E-state index is 0.00643. The highest BCUT2D eigenvalue weighted by Crippen LogP contribution is 2.32. The van der Waals surface area contributed by atoms with Crippen LogP contribution in [0.1, 0.15) is 40.2 Å². The molecule has 1 amide bonds. The third kappa shape index (κ3) is 7.43. The fourth-order valence-electron chi connectivity index (χ4n) is 4.28. The molecule has 1 aromatic heterocycles. The van der Waals surface area contributed by atoms with E-state index >= 15 is 0 Å². The molecule has 4 rings (SSSR count). The van der Waals surface area contributed by atoms with Crippen LogP contribution in [0.5, 0.6) is 0 Å². The Hall–Kier alpha value is -4.28. The van der Waals surface area contributed by atoms with Gasteiger partial charge in [0.25, 0.3) is 5.91 Å². The van der Waals surface area contributed by atoms with Crippen LogP contribution in [0.25, 0.3) is 22.8 Å². The Morgan fingerprint density at radius 2 is 1.75 bits per heavy atom. The number of H-pyrrole nitrogens is 1. The van der Waals surface area contributed by atoms with Crippen molar-refractivity contribution in [2.45, 2.75) is 24.6 Å². The van der Waals surface area contributed by atoms with Gasteiger partial charge in [0.2, 0.25) is 0 Å². The van der Waals surface area contributed by atoms with Crippen molar-refractivity contribution >= 4 is 34.7 Å². The smallest absolute Gasteiger partial charge is 0.303 e. The predicted octanol–water partition coefficient (Wildman–Crippen LogP) is 5.44. The Kier molecular flexibility index (Phi) is 9.47. The average molecular weight is 564 g/mol. The summed E-state index contributed by atoms with van der Waals surface area (Å²) in [5.74, 6) is -1.75. The lowest BCUT2D eigenvalue weighted by Crippen LogP contribution is -2.40. The number of aliphatic carboxylic acids is 1.